The van der Waals surface area contributed by atoms with Crippen LogP contribution in [-0.2, 0) is 9.59 Å². The second-order valence-electron chi connectivity index (χ2n) is 7.46. The van der Waals surface area contributed by atoms with E-state index in [2.05, 4.69) is 16.8 Å². The molecule has 5 atom stereocenters. The van der Waals surface area contributed by atoms with Gasteiger partial charge >= 0.3 is 5.97 Å². The van der Waals surface area contributed by atoms with Gasteiger partial charge in [0.25, 0.3) is 0 Å². The highest BCUT2D eigenvalue weighted by molar-refractivity contribution is 8.00. The average Bonchev–Trinajstić information content (AvgIpc) is 2.58. The maximum atomic E-state index is 15.2. The fourth-order valence-corrected chi connectivity index (χ4v) is 6.45. The number of likely N-dealkylation sites (N-methyl/N-ethyl adjacent to an activating group) is 1. The second-order valence-corrected chi connectivity index (χ2v) is 8.75. The van der Waals surface area contributed by atoms with E-state index < -0.39 is 18.1 Å². The van der Waals surface area contributed by atoms with E-state index in [0.29, 0.717) is 0 Å². The van der Waals surface area contributed by atoms with Crippen molar-refractivity contribution in [2.75, 3.05) is 45.5 Å². The summed E-state index contributed by atoms with van der Waals surface area (Å²) in [5.41, 5.74) is -0.183. The Bertz CT molecular complexity index is 608. The Labute approximate surface area is 151 Å². The highest BCUT2D eigenvalue weighted by Crippen LogP contribution is 2.45. The number of carboxylic acids is 1. The summed E-state index contributed by atoms with van der Waals surface area (Å²) < 4.78 is 15.2. The van der Waals surface area contributed by atoms with Crippen LogP contribution in [-0.4, -0.2) is 101 Å². The third kappa shape index (κ3) is 2.88. The minimum atomic E-state index is -1.20. The maximum absolute atomic E-state index is 15.2. The molecule has 0 amide bonds. The van der Waals surface area contributed by atoms with E-state index in [1.807, 2.05) is 4.90 Å². The minimum absolute atomic E-state index is 0.0152. The van der Waals surface area contributed by atoms with Gasteiger partial charge in [0.15, 0.2) is 5.78 Å². The van der Waals surface area contributed by atoms with Crippen molar-refractivity contribution in [2.24, 2.45) is 5.92 Å². The lowest BCUT2D eigenvalue weighted by molar-refractivity contribution is -0.138. The van der Waals surface area contributed by atoms with E-state index in [1.54, 1.807) is 11.8 Å². The van der Waals surface area contributed by atoms with Gasteiger partial charge in [-0.2, -0.15) is 11.8 Å². The number of halogens is 1. The van der Waals surface area contributed by atoms with Crippen molar-refractivity contribution >= 4 is 23.5 Å². The quantitative estimate of drug-likeness (QED) is 0.702. The van der Waals surface area contributed by atoms with Crippen molar-refractivity contribution in [1.82, 2.24) is 14.7 Å². The lowest BCUT2D eigenvalue weighted by atomic mass is 9.73. The highest BCUT2D eigenvalue weighted by atomic mass is 32.2. The summed E-state index contributed by atoms with van der Waals surface area (Å²) in [4.78, 5) is 30.5. The first-order chi connectivity index (χ1) is 12.0. The van der Waals surface area contributed by atoms with Crippen LogP contribution in [0.5, 0.6) is 0 Å². The van der Waals surface area contributed by atoms with Gasteiger partial charge in [0.2, 0.25) is 0 Å². The van der Waals surface area contributed by atoms with Crippen LogP contribution in [0.3, 0.4) is 0 Å². The number of alkyl halides is 1. The average molecular weight is 369 g/mol. The first-order valence-corrected chi connectivity index (χ1v) is 9.95. The lowest BCUT2D eigenvalue weighted by Crippen LogP contribution is -2.68. The number of carbonyl (C=O) groups is 2. The number of carboxylic acid groups (broad SMARTS) is 1. The van der Waals surface area contributed by atoms with Gasteiger partial charge in [0.1, 0.15) is 11.7 Å². The Balaban J connectivity index is 1.64. The Morgan fingerprint density at radius 3 is 2.64 bits per heavy atom. The summed E-state index contributed by atoms with van der Waals surface area (Å²) in [6.07, 6.45) is 0.566. The molecule has 8 heteroatoms. The molecule has 0 bridgehead atoms. The minimum Gasteiger partial charge on any atom is -0.478 e. The fourth-order valence-electron chi connectivity index (χ4n) is 4.78. The number of Topliss-reactive ketones (excluding diaryl/α,β-unsaturated/α-hetero) is 1. The number of hydrogen-bond donors (Lipinski definition) is 1. The van der Waals surface area contributed by atoms with E-state index in [4.69, 9.17) is 0 Å². The molecule has 1 N–H and O–H groups in total. The van der Waals surface area contributed by atoms with Crippen molar-refractivity contribution in [3.63, 3.8) is 0 Å². The van der Waals surface area contributed by atoms with E-state index in [9.17, 15) is 14.7 Å². The number of aliphatic carboxylic acids is 1. The summed E-state index contributed by atoms with van der Waals surface area (Å²) >= 11 is 1.76. The molecule has 2 saturated heterocycles. The lowest BCUT2D eigenvalue weighted by Gasteiger charge is -2.55. The third-order valence-electron chi connectivity index (χ3n) is 6.06. The first kappa shape index (κ1) is 17.3. The van der Waals surface area contributed by atoms with Gasteiger partial charge in [0, 0.05) is 55.8 Å². The monoisotopic (exact) mass is 369 g/mol. The van der Waals surface area contributed by atoms with Crippen molar-refractivity contribution in [3.8, 4) is 0 Å². The molecule has 0 aromatic rings. The Morgan fingerprint density at radius 1 is 1.24 bits per heavy atom. The number of rotatable bonds is 2. The molecule has 0 radical (unpaired) electrons. The van der Waals surface area contributed by atoms with Gasteiger partial charge in [-0.05, 0) is 13.5 Å². The normalized spacial score (nSPS) is 39.8. The zero-order valence-electron chi connectivity index (χ0n) is 14.3. The van der Waals surface area contributed by atoms with E-state index in [-0.39, 0.29) is 35.1 Å². The van der Waals surface area contributed by atoms with Crippen LogP contribution in [0, 0.1) is 5.92 Å². The molecule has 25 heavy (non-hydrogen) atoms. The van der Waals surface area contributed by atoms with Crippen LogP contribution in [0.25, 0.3) is 0 Å². The molecule has 0 aromatic carbocycles. The molecule has 3 fully saturated rings. The SMILES string of the molecule is CN1CCN(C2C(F)CC3C(=O)C(C(=O)O)=CN4CCSC2C34)CC1. The standard InChI is InChI=1S/C17H24FN3O3S/c1-19-2-4-20(5-3-19)14-12(18)8-10-13-16(14)25-7-6-21(13)9-11(15(10)22)17(23)24/h9-10,12-14,16H,2-8H2,1H3,(H,23,24). The van der Waals surface area contributed by atoms with Crippen LogP contribution >= 0.6 is 11.8 Å². The predicted molar refractivity (Wildman–Crippen MR) is 93.3 cm³/mol. The molecule has 4 rings (SSSR count). The molecule has 3 heterocycles. The zero-order chi connectivity index (χ0) is 17.7. The molecule has 3 aliphatic heterocycles. The smallest absolute Gasteiger partial charge is 0.340 e. The largest absolute Gasteiger partial charge is 0.478 e. The number of hydrogen-bond acceptors (Lipinski definition) is 6. The Morgan fingerprint density at radius 2 is 1.96 bits per heavy atom. The first-order valence-electron chi connectivity index (χ1n) is 8.90. The highest BCUT2D eigenvalue weighted by Gasteiger charge is 2.55. The van der Waals surface area contributed by atoms with Crippen molar-refractivity contribution in [2.45, 2.75) is 29.9 Å². The Kier molecular flexibility index (Phi) is 4.54. The second kappa shape index (κ2) is 6.55. The van der Waals surface area contributed by atoms with Gasteiger partial charge in [-0.1, -0.05) is 0 Å². The van der Waals surface area contributed by atoms with E-state index in [0.717, 1.165) is 38.5 Å². The fraction of sp³-hybridized carbons (Fsp3) is 0.765. The molecule has 0 spiro atoms. The third-order valence-corrected chi connectivity index (χ3v) is 7.43. The molecule has 1 aliphatic carbocycles. The number of ketones is 1. The molecule has 4 aliphatic rings. The zero-order valence-corrected chi connectivity index (χ0v) is 15.1. The molecule has 1 saturated carbocycles. The van der Waals surface area contributed by atoms with Crippen molar-refractivity contribution in [1.29, 1.82) is 0 Å². The van der Waals surface area contributed by atoms with E-state index >= 15 is 4.39 Å². The predicted octanol–water partition coefficient (Wildman–Crippen LogP) is 0.298. The molecular formula is C17H24FN3O3S. The number of thioether (sulfide) groups is 1. The van der Waals surface area contributed by atoms with Crippen LogP contribution < -0.4 is 0 Å². The number of piperazine rings is 1. The molecule has 0 aromatic heterocycles. The van der Waals surface area contributed by atoms with Gasteiger partial charge in [0.05, 0.1) is 12.1 Å². The summed E-state index contributed by atoms with van der Waals surface area (Å²) in [5.74, 6) is -1.29. The van der Waals surface area contributed by atoms with E-state index in [1.165, 1.54) is 6.20 Å². The van der Waals surface area contributed by atoms with Crippen molar-refractivity contribution in [3.05, 3.63) is 11.8 Å². The summed E-state index contributed by atoms with van der Waals surface area (Å²) in [5, 5.41) is 9.33. The van der Waals surface area contributed by atoms with Crippen LogP contribution in [0.15, 0.2) is 11.8 Å². The summed E-state index contributed by atoms with van der Waals surface area (Å²) in [6.45, 7) is 4.28. The molecule has 6 nitrogen and oxygen atoms in total. The summed E-state index contributed by atoms with van der Waals surface area (Å²) in [7, 11) is 2.08. The number of nitrogens with zero attached hydrogens (tertiary/aromatic N) is 3. The van der Waals surface area contributed by atoms with Gasteiger partial charge in [-0.15, -0.1) is 0 Å². The molecule has 5 unspecified atom stereocenters. The summed E-state index contributed by atoms with van der Waals surface area (Å²) in [6, 6.07) is -0.263. The maximum Gasteiger partial charge on any atom is 0.340 e. The number of carbonyl (C=O) groups excluding carboxylic acids is 1. The van der Waals surface area contributed by atoms with Crippen molar-refractivity contribution < 1.29 is 19.1 Å². The van der Waals surface area contributed by atoms with Crippen LogP contribution in [0.1, 0.15) is 6.42 Å². The van der Waals surface area contributed by atoms with Crippen LogP contribution in [0.4, 0.5) is 4.39 Å². The van der Waals surface area contributed by atoms with Gasteiger partial charge in [-0.3, -0.25) is 9.69 Å². The van der Waals surface area contributed by atoms with Gasteiger partial charge < -0.3 is 14.9 Å². The van der Waals surface area contributed by atoms with Crippen LogP contribution in [0.2, 0.25) is 0 Å². The molecular weight excluding hydrogens is 345 g/mol. The Hall–Kier alpha value is -1.12. The van der Waals surface area contributed by atoms with Gasteiger partial charge in [-0.25, -0.2) is 9.18 Å². The molecule has 138 valence electrons. The topological polar surface area (TPSA) is 64.1 Å².